The van der Waals surface area contributed by atoms with Crippen molar-refractivity contribution in [3.8, 4) is 0 Å². The molecule has 1 aliphatic rings. The highest BCUT2D eigenvalue weighted by molar-refractivity contribution is 8.00. The molecule has 0 spiro atoms. The van der Waals surface area contributed by atoms with Crippen LogP contribution in [0.4, 0.5) is 5.69 Å². The van der Waals surface area contributed by atoms with Crippen LogP contribution in [0, 0.1) is 0 Å². The van der Waals surface area contributed by atoms with Crippen LogP contribution in [0.15, 0.2) is 29.3 Å². The van der Waals surface area contributed by atoms with Crippen molar-refractivity contribution < 1.29 is 0 Å². The average Bonchev–Trinajstić information content (AvgIpc) is 3.01. The maximum atomic E-state index is 4.29. The summed E-state index contributed by atoms with van der Waals surface area (Å²) in [4.78, 5) is 6.39. The predicted octanol–water partition coefficient (Wildman–Crippen LogP) is 2.31. The standard InChI is InChI=1S/C16H26N4S/c1-17-16(19-12-15-5-4-10-21-15)18-11-13-6-8-14(9-7-13)20(2)3/h6-9,15H,4-5,10-12H2,1-3H3,(H2,17,18,19). The predicted molar refractivity (Wildman–Crippen MR) is 94.5 cm³/mol. The highest BCUT2D eigenvalue weighted by Gasteiger charge is 2.15. The molecule has 1 aromatic carbocycles. The Balaban J connectivity index is 1.76. The number of rotatable bonds is 5. The first kappa shape index (κ1) is 16.0. The number of anilines is 1. The number of hydrogen-bond donors (Lipinski definition) is 2. The summed E-state index contributed by atoms with van der Waals surface area (Å²) in [5, 5.41) is 7.53. The van der Waals surface area contributed by atoms with Crippen LogP contribution in [-0.2, 0) is 6.54 Å². The summed E-state index contributed by atoms with van der Waals surface area (Å²) in [5.41, 5.74) is 2.48. The summed E-state index contributed by atoms with van der Waals surface area (Å²) in [7, 11) is 5.94. The van der Waals surface area contributed by atoms with Crippen LogP contribution in [0.3, 0.4) is 0 Å². The largest absolute Gasteiger partial charge is 0.378 e. The fraction of sp³-hybridized carbons (Fsp3) is 0.562. The average molecular weight is 306 g/mol. The zero-order valence-corrected chi connectivity index (χ0v) is 14.0. The first-order valence-corrected chi connectivity index (χ1v) is 8.56. The van der Waals surface area contributed by atoms with Gasteiger partial charge in [-0.1, -0.05) is 12.1 Å². The van der Waals surface area contributed by atoms with Gasteiger partial charge in [-0.2, -0.15) is 11.8 Å². The Hall–Kier alpha value is -1.36. The highest BCUT2D eigenvalue weighted by Crippen LogP contribution is 2.25. The van der Waals surface area contributed by atoms with Gasteiger partial charge < -0.3 is 15.5 Å². The maximum Gasteiger partial charge on any atom is 0.191 e. The van der Waals surface area contributed by atoms with Gasteiger partial charge in [-0.25, -0.2) is 0 Å². The van der Waals surface area contributed by atoms with E-state index >= 15 is 0 Å². The van der Waals surface area contributed by atoms with Crippen LogP contribution in [0.5, 0.6) is 0 Å². The smallest absolute Gasteiger partial charge is 0.191 e. The van der Waals surface area contributed by atoms with Crippen molar-refractivity contribution in [2.24, 2.45) is 4.99 Å². The molecule has 2 rings (SSSR count). The third-order valence-corrected chi connectivity index (χ3v) is 5.06. The molecule has 21 heavy (non-hydrogen) atoms. The molecule has 0 aliphatic carbocycles. The van der Waals surface area contributed by atoms with E-state index in [2.05, 4.69) is 70.6 Å². The lowest BCUT2D eigenvalue weighted by molar-refractivity contribution is 0.726. The number of hydrogen-bond acceptors (Lipinski definition) is 3. The van der Waals surface area contributed by atoms with Gasteiger partial charge in [0.1, 0.15) is 0 Å². The van der Waals surface area contributed by atoms with Gasteiger partial charge in [-0.3, -0.25) is 4.99 Å². The minimum absolute atomic E-state index is 0.739. The van der Waals surface area contributed by atoms with Crippen LogP contribution in [-0.4, -0.2) is 44.7 Å². The molecule has 1 aromatic rings. The Morgan fingerprint density at radius 2 is 2.05 bits per heavy atom. The molecular weight excluding hydrogens is 280 g/mol. The van der Waals surface area contributed by atoms with Gasteiger partial charge in [0.2, 0.25) is 0 Å². The first-order valence-electron chi connectivity index (χ1n) is 7.51. The number of nitrogens with one attached hydrogen (secondary N) is 2. The van der Waals surface area contributed by atoms with E-state index in [1.54, 1.807) is 0 Å². The summed E-state index contributed by atoms with van der Waals surface area (Å²) < 4.78 is 0. The quantitative estimate of drug-likeness (QED) is 0.647. The molecule has 2 N–H and O–H groups in total. The van der Waals surface area contributed by atoms with Crippen molar-refractivity contribution >= 4 is 23.4 Å². The van der Waals surface area contributed by atoms with E-state index in [4.69, 9.17) is 0 Å². The van der Waals surface area contributed by atoms with Crippen molar-refractivity contribution in [3.63, 3.8) is 0 Å². The van der Waals surface area contributed by atoms with Crippen LogP contribution in [0.1, 0.15) is 18.4 Å². The zero-order chi connectivity index (χ0) is 15.1. The van der Waals surface area contributed by atoms with Crippen LogP contribution < -0.4 is 15.5 Å². The number of thioether (sulfide) groups is 1. The Kier molecular flexibility index (Phi) is 6.23. The minimum atomic E-state index is 0.739. The molecule has 1 unspecified atom stereocenters. The molecule has 0 bridgehead atoms. The Bertz CT molecular complexity index is 450. The lowest BCUT2D eigenvalue weighted by Gasteiger charge is -2.16. The lowest BCUT2D eigenvalue weighted by Crippen LogP contribution is -2.39. The van der Waals surface area contributed by atoms with Crippen molar-refractivity contribution in [1.29, 1.82) is 0 Å². The zero-order valence-electron chi connectivity index (χ0n) is 13.2. The van der Waals surface area contributed by atoms with E-state index in [1.165, 1.54) is 29.8 Å². The lowest BCUT2D eigenvalue weighted by atomic mass is 10.2. The molecule has 1 saturated heterocycles. The van der Waals surface area contributed by atoms with E-state index in [0.29, 0.717) is 0 Å². The molecule has 1 heterocycles. The van der Waals surface area contributed by atoms with Gasteiger partial charge in [-0.15, -0.1) is 0 Å². The third kappa shape index (κ3) is 5.16. The van der Waals surface area contributed by atoms with Crippen LogP contribution in [0.25, 0.3) is 0 Å². The SMILES string of the molecule is CN=C(NCc1ccc(N(C)C)cc1)NCC1CCCS1. The summed E-state index contributed by atoms with van der Waals surface area (Å²) in [5.74, 6) is 2.19. The minimum Gasteiger partial charge on any atom is -0.378 e. The van der Waals surface area contributed by atoms with Crippen LogP contribution >= 0.6 is 11.8 Å². The number of aliphatic imine (C=N–C) groups is 1. The molecule has 1 atom stereocenters. The summed E-state index contributed by atoms with van der Waals surface area (Å²) in [6.45, 7) is 1.80. The third-order valence-electron chi connectivity index (χ3n) is 3.66. The number of benzene rings is 1. The van der Waals surface area contributed by atoms with E-state index in [0.717, 1.165) is 24.3 Å². The van der Waals surface area contributed by atoms with Gasteiger partial charge in [0.05, 0.1) is 0 Å². The summed E-state index contributed by atoms with van der Waals surface area (Å²) in [6.07, 6.45) is 2.67. The fourth-order valence-electron chi connectivity index (χ4n) is 2.33. The Morgan fingerprint density at radius 1 is 1.29 bits per heavy atom. The molecule has 0 amide bonds. The molecule has 5 heteroatoms. The van der Waals surface area contributed by atoms with Crippen molar-refractivity contribution in [2.75, 3.05) is 38.3 Å². The van der Waals surface area contributed by atoms with Crippen LogP contribution in [0.2, 0.25) is 0 Å². The highest BCUT2D eigenvalue weighted by atomic mass is 32.2. The second-order valence-corrected chi connectivity index (χ2v) is 6.91. The van der Waals surface area contributed by atoms with Gasteiger partial charge in [0.25, 0.3) is 0 Å². The molecule has 0 aromatic heterocycles. The molecule has 0 radical (unpaired) electrons. The van der Waals surface area contributed by atoms with Gasteiger partial charge in [-0.05, 0) is 36.3 Å². The molecule has 1 fully saturated rings. The van der Waals surface area contributed by atoms with Gasteiger partial charge in [0, 0.05) is 45.2 Å². The molecule has 116 valence electrons. The van der Waals surface area contributed by atoms with E-state index in [-0.39, 0.29) is 0 Å². The molecule has 0 saturated carbocycles. The molecule has 4 nitrogen and oxygen atoms in total. The molecule has 1 aliphatic heterocycles. The van der Waals surface area contributed by atoms with E-state index in [9.17, 15) is 0 Å². The van der Waals surface area contributed by atoms with Gasteiger partial charge >= 0.3 is 0 Å². The topological polar surface area (TPSA) is 39.7 Å². The Labute approximate surface area is 132 Å². The number of nitrogens with zero attached hydrogens (tertiary/aromatic N) is 2. The summed E-state index contributed by atoms with van der Waals surface area (Å²) >= 11 is 2.06. The number of guanidine groups is 1. The molecular formula is C16H26N4S. The van der Waals surface area contributed by atoms with Crippen molar-refractivity contribution in [1.82, 2.24) is 10.6 Å². The van der Waals surface area contributed by atoms with Gasteiger partial charge in [0.15, 0.2) is 5.96 Å². The maximum absolute atomic E-state index is 4.29. The second kappa shape index (κ2) is 8.17. The normalized spacial score (nSPS) is 18.6. The first-order chi connectivity index (χ1) is 10.2. The van der Waals surface area contributed by atoms with E-state index in [1.807, 2.05) is 7.05 Å². The fourth-order valence-corrected chi connectivity index (χ4v) is 3.54. The second-order valence-electron chi connectivity index (χ2n) is 5.50. The summed E-state index contributed by atoms with van der Waals surface area (Å²) in [6, 6.07) is 8.59. The van der Waals surface area contributed by atoms with Crippen molar-refractivity contribution in [3.05, 3.63) is 29.8 Å². The van der Waals surface area contributed by atoms with E-state index < -0.39 is 0 Å². The van der Waals surface area contributed by atoms with Crippen molar-refractivity contribution in [2.45, 2.75) is 24.6 Å². The Morgan fingerprint density at radius 3 is 2.62 bits per heavy atom. The monoisotopic (exact) mass is 306 g/mol.